The highest BCUT2D eigenvalue weighted by Gasteiger charge is 2.53. The molecule has 0 amide bonds. The number of fused-ring (bicyclic) bond motifs is 16. The minimum atomic E-state index is -0.593. The number of rotatable bonds is 8. The van der Waals surface area contributed by atoms with E-state index >= 15 is 0 Å². The van der Waals surface area contributed by atoms with Crippen LogP contribution in [0.15, 0.2) is 291 Å². The van der Waals surface area contributed by atoms with Crippen molar-refractivity contribution in [3.8, 4) is 44.5 Å². The zero-order valence-corrected chi connectivity index (χ0v) is 41.1. The maximum atomic E-state index is 2.54. The molecule has 0 aromatic heterocycles. The summed E-state index contributed by atoms with van der Waals surface area (Å²) in [5.74, 6) is 0. The van der Waals surface area contributed by atoms with Crippen LogP contribution >= 0.6 is 0 Å². The SMILES string of the molecule is c1ccc(-c2ccc(N(c3ccccc3)c3ccc4cc5c(cc4c3)C3(c4ccccc4-c4ccccc43)c3c-5c4ccccc4c4cc(N(c5ccccc5)c5ccc(-c6ccccc6)cc5)ccc34)cc2)cc1. The summed E-state index contributed by atoms with van der Waals surface area (Å²) in [6.45, 7) is 0. The molecule has 0 N–H and O–H groups in total. The first-order chi connectivity index (χ1) is 37.2. The molecule has 15 rings (SSSR count). The third-order valence-corrected chi connectivity index (χ3v) is 16.0. The van der Waals surface area contributed by atoms with Crippen LogP contribution in [-0.4, -0.2) is 0 Å². The number of benzene rings is 13. The fourth-order valence-corrected chi connectivity index (χ4v) is 12.8. The van der Waals surface area contributed by atoms with Gasteiger partial charge in [0.05, 0.1) is 5.41 Å². The lowest BCUT2D eigenvalue weighted by molar-refractivity contribution is 0.803. The van der Waals surface area contributed by atoms with E-state index in [1.807, 2.05) is 0 Å². The molecule has 0 unspecified atom stereocenters. The Balaban J connectivity index is 0.962. The third kappa shape index (κ3) is 6.66. The fourth-order valence-electron chi connectivity index (χ4n) is 12.8. The molecule has 2 nitrogen and oxygen atoms in total. The van der Waals surface area contributed by atoms with E-state index in [4.69, 9.17) is 0 Å². The molecule has 0 saturated heterocycles. The van der Waals surface area contributed by atoms with Gasteiger partial charge in [0.25, 0.3) is 0 Å². The lowest BCUT2D eigenvalue weighted by Crippen LogP contribution is -2.26. The Morgan fingerprint density at radius 2 is 0.653 bits per heavy atom. The second kappa shape index (κ2) is 17.2. The number of para-hydroxylation sites is 2. The van der Waals surface area contributed by atoms with E-state index in [1.54, 1.807) is 0 Å². The predicted molar refractivity (Wildman–Crippen MR) is 315 cm³/mol. The van der Waals surface area contributed by atoms with Crippen molar-refractivity contribution < 1.29 is 0 Å². The van der Waals surface area contributed by atoms with Gasteiger partial charge in [-0.2, -0.15) is 0 Å². The molecule has 13 aromatic carbocycles. The lowest BCUT2D eigenvalue weighted by Gasteiger charge is -2.32. The standard InChI is InChI=1S/C73H48N2/c1-5-19-49(20-6-1)51-33-38-57(39-34-51)74(55-23-9-3-10-24-55)59-42-37-53-46-67-70(47-54(53)45-59)73(68-31-17-15-28-62(68)63-29-16-18-32-69(63)73)72-65-44-43-60(48-66(65)61-27-13-14-30-64(61)71(67)72)75(56-25-11-4-12-26-56)58-40-35-52(36-41-58)50-21-7-2-8-22-50/h1-48H. The van der Waals surface area contributed by atoms with Crippen molar-refractivity contribution in [2.75, 3.05) is 9.80 Å². The molecular formula is C73H48N2. The van der Waals surface area contributed by atoms with Crippen LogP contribution in [0.1, 0.15) is 22.3 Å². The molecule has 0 atom stereocenters. The molecule has 0 fully saturated rings. The highest BCUT2D eigenvalue weighted by atomic mass is 15.1. The van der Waals surface area contributed by atoms with Gasteiger partial charge in [-0.25, -0.2) is 0 Å². The van der Waals surface area contributed by atoms with Gasteiger partial charge in [-0.05, 0) is 184 Å². The normalized spacial score (nSPS) is 12.6. The summed E-state index contributed by atoms with van der Waals surface area (Å²) in [4.78, 5) is 4.79. The molecule has 2 aliphatic rings. The first kappa shape index (κ1) is 42.9. The molecule has 2 heteroatoms. The number of anilines is 6. The molecule has 1 spiro atoms. The van der Waals surface area contributed by atoms with Crippen molar-refractivity contribution in [3.05, 3.63) is 313 Å². The number of hydrogen-bond donors (Lipinski definition) is 0. The Bertz CT molecular complexity index is 4270. The minimum absolute atomic E-state index is 0.593. The van der Waals surface area contributed by atoms with Gasteiger partial charge in [0, 0.05) is 34.1 Å². The summed E-state index contributed by atoms with van der Waals surface area (Å²) in [7, 11) is 0. The Hall–Kier alpha value is -9.76. The summed E-state index contributed by atoms with van der Waals surface area (Å²) in [5.41, 5.74) is 21.4. The van der Waals surface area contributed by atoms with Crippen LogP contribution < -0.4 is 9.80 Å². The molecule has 75 heavy (non-hydrogen) atoms. The first-order valence-electron chi connectivity index (χ1n) is 26.0. The smallest absolute Gasteiger partial charge is 0.0731 e. The van der Waals surface area contributed by atoms with Crippen molar-refractivity contribution in [2.24, 2.45) is 0 Å². The molecule has 0 bridgehead atoms. The van der Waals surface area contributed by atoms with Gasteiger partial charge in [0.1, 0.15) is 0 Å². The van der Waals surface area contributed by atoms with Gasteiger partial charge < -0.3 is 9.80 Å². The van der Waals surface area contributed by atoms with Crippen molar-refractivity contribution in [1.29, 1.82) is 0 Å². The van der Waals surface area contributed by atoms with Crippen molar-refractivity contribution in [2.45, 2.75) is 5.41 Å². The van der Waals surface area contributed by atoms with Gasteiger partial charge in [0.2, 0.25) is 0 Å². The molecule has 0 aliphatic heterocycles. The van der Waals surface area contributed by atoms with E-state index in [0.29, 0.717) is 0 Å². The van der Waals surface area contributed by atoms with Crippen LogP contribution in [0.3, 0.4) is 0 Å². The number of nitrogens with zero attached hydrogens (tertiary/aromatic N) is 2. The van der Waals surface area contributed by atoms with E-state index in [1.165, 1.54) is 99.1 Å². The highest BCUT2D eigenvalue weighted by Crippen LogP contribution is 2.66. The van der Waals surface area contributed by atoms with Gasteiger partial charge >= 0.3 is 0 Å². The molecule has 0 radical (unpaired) electrons. The van der Waals surface area contributed by atoms with Crippen molar-refractivity contribution in [3.63, 3.8) is 0 Å². The first-order valence-corrected chi connectivity index (χ1v) is 26.0. The van der Waals surface area contributed by atoms with E-state index in [2.05, 4.69) is 301 Å². The summed E-state index contributed by atoms with van der Waals surface area (Å²) >= 11 is 0. The Labute approximate surface area is 437 Å². The molecule has 0 saturated carbocycles. The Morgan fingerprint density at radius 1 is 0.227 bits per heavy atom. The van der Waals surface area contributed by atoms with E-state index in [-0.39, 0.29) is 0 Å². The quantitative estimate of drug-likeness (QED) is 0.140. The fraction of sp³-hybridized carbons (Fsp3) is 0.0137. The topological polar surface area (TPSA) is 6.48 Å². The third-order valence-electron chi connectivity index (χ3n) is 16.0. The maximum Gasteiger partial charge on any atom is 0.0731 e. The maximum absolute atomic E-state index is 2.54. The highest BCUT2D eigenvalue weighted by molar-refractivity contribution is 6.21. The van der Waals surface area contributed by atoms with Gasteiger partial charge in [-0.15, -0.1) is 0 Å². The largest absolute Gasteiger partial charge is 0.310 e. The number of hydrogen-bond acceptors (Lipinski definition) is 2. The second-order valence-corrected chi connectivity index (χ2v) is 20.0. The minimum Gasteiger partial charge on any atom is -0.310 e. The Morgan fingerprint density at radius 3 is 1.21 bits per heavy atom. The summed E-state index contributed by atoms with van der Waals surface area (Å²) in [5, 5.41) is 7.43. The van der Waals surface area contributed by atoms with Gasteiger partial charge in [0.15, 0.2) is 0 Å². The molecule has 0 heterocycles. The van der Waals surface area contributed by atoms with Crippen LogP contribution in [0.5, 0.6) is 0 Å². The van der Waals surface area contributed by atoms with Gasteiger partial charge in [-0.3, -0.25) is 0 Å². The summed E-state index contributed by atoms with van der Waals surface area (Å²) in [6.07, 6.45) is 0. The molecule has 13 aromatic rings. The van der Waals surface area contributed by atoms with E-state index in [9.17, 15) is 0 Å². The van der Waals surface area contributed by atoms with E-state index < -0.39 is 5.41 Å². The molecule has 2 aliphatic carbocycles. The summed E-state index contributed by atoms with van der Waals surface area (Å²) < 4.78 is 0. The lowest BCUT2D eigenvalue weighted by atomic mass is 9.69. The van der Waals surface area contributed by atoms with Crippen LogP contribution in [0, 0.1) is 0 Å². The zero-order valence-electron chi connectivity index (χ0n) is 41.1. The van der Waals surface area contributed by atoms with Crippen LogP contribution in [0.25, 0.3) is 76.8 Å². The average molecular weight is 953 g/mol. The van der Waals surface area contributed by atoms with E-state index in [0.717, 1.165) is 34.1 Å². The zero-order chi connectivity index (χ0) is 49.5. The van der Waals surface area contributed by atoms with Crippen LogP contribution in [-0.2, 0) is 5.41 Å². The monoisotopic (exact) mass is 952 g/mol. The average Bonchev–Trinajstić information content (AvgIpc) is 4.08. The molecular weight excluding hydrogens is 905 g/mol. The Kier molecular flexibility index (Phi) is 9.83. The predicted octanol–water partition coefficient (Wildman–Crippen LogP) is 19.8. The second-order valence-electron chi connectivity index (χ2n) is 20.0. The van der Waals surface area contributed by atoms with Crippen LogP contribution in [0.2, 0.25) is 0 Å². The van der Waals surface area contributed by atoms with Gasteiger partial charge in [-0.1, -0.05) is 206 Å². The molecule has 350 valence electrons. The van der Waals surface area contributed by atoms with Crippen molar-refractivity contribution >= 4 is 66.4 Å². The van der Waals surface area contributed by atoms with Crippen molar-refractivity contribution in [1.82, 2.24) is 0 Å². The van der Waals surface area contributed by atoms with Crippen LogP contribution in [0.4, 0.5) is 34.1 Å². The summed E-state index contributed by atoms with van der Waals surface area (Å²) in [6, 6.07) is 108.